The van der Waals surface area contributed by atoms with Gasteiger partial charge in [0.1, 0.15) is 17.2 Å². The van der Waals surface area contributed by atoms with Crippen molar-refractivity contribution in [3.8, 4) is 0 Å². The van der Waals surface area contributed by atoms with Crippen LogP contribution in [-0.2, 0) is 0 Å². The number of nitrogens with one attached hydrogen (secondary N) is 1. The van der Waals surface area contributed by atoms with Gasteiger partial charge in [0.05, 0.1) is 6.61 Å². The number of anilines is 1. The molecule has 0 fully saturated rings. The van der Waals surface area contributed by atoms with Gasteiger partial charge in [-0.05, 0) is 12.8 Å². The number of hydrogen-bond acceptors (Lipinski definition) is 5. The average Bonchev–Trinajstić information content (AvgIpc) is 2.29. The van der Waals surface area contributed by atoms with Crippen LogP contribution < -0.4 is 5.32 Å². The quantitative estimate of drug-likeness (QED) is 0.604. The van der Waals surface area contributed by atoms with Crippen LogP contribution in [0.15, 0.2) is 11.4 Å². The summed E-state index contributed by atoms with van der Waals surface area (Å²) in [6.07, 6.45) is 1.58. The predicted octanol–water partition coefficient (Wildman–Crippen LogP) is 2.50. The van der Waals surface area contributed by atoms with E-state index in [4.69, 9.17) is 5.11 Å². The Balaban J connectivity index is 3.06. The number of aromatic nitrogens is 2. The fraction of sp³-hybridized carbons (Fsp3) is 0.667. The standard InChI is InChI=1S/C12H21N3OS/c1-5-13-11-10(8(2)3)12(15-7-14-11)17-9(4)6-16/h7-9,16H,5-6H2,1-4H3,(H,13,14,15). The van der Waals surface area contributed by atoms with E-state index in [1.165, 1.54) is 0 Å². The lowest BCUT2D eigenvalue weighted by molar-refractivity contribution is 0.300. The van der Waals surface area contributed by atoms with Crippen LogP contribution >= 0.6 is 11.8 Å². The van der Waals surface area contributed by atoms with Crippen molar-refractivity contribution in [2.45, 2.75) is 43.9 Å². The van der Waals surface area contributed by atoms with Gasteiger partial charge in [-0.15, -0.1) is 11.8 Å². The van der Waals surface area contributed by atoms with Gasteiger partial charge in [-0.3, -0.25) is 0 Å². The summed E-state index contributed by atoms with van der Waals surface area (Å²) in [5.74, 6) is 1.27. The van der Waals surface area contributed by atoms with Crippen molar-refractivity contribution in [1.29, 1.82) is 0 Å². The van der Waals surface area contributed by atoms with Gasteiger partial charge in [-0.2, -0.15) is 0 Å². The molecule has 0 spiro atoms. The maximum atomic E-state index is 9.12. The van der Waals surface area contributed by atoms with Crippen LogP contribution in [0.4, 0.5) is 5.82 Å². The third kappa shape index (κ3) is 3.85. The molecule has 4 nitrogen and oxygen atoms in total. The molecule has 1 unspecified atom stereocenters. The molecule has 1 aromatic heterocycles. The van der Waals surface area contributed by atoms with Gasteiger partial charge in [0.2, 0.25) is 0 Å². The van der Waals surface area contributed by atoms with Crippen LogP contribution in [0.25, 0.3) is 0 Å². The van der Waals surface area contributed by atoms with Gasteiger partial charge in [0.25, 0.3) is 0 Å². The molecule has 0 radical (unpaired) electrons. The molecule has 5 heteroatoms. The minimum absolute atomic E-state index is 0.150. The molecule has 1 heterocycles. The molecule has 2 N–H and O–H groups in total. The molecule has 1 rings (SSSR count). The van der Waals surface area contributed by atoms with Crippen molar-refractivity contribution in [1.82, 2.24) is 9.97 Å². The highest BCUT2D eigenvalue weighted by molar-refractivity contribution is 7.99. The fourth-order valence-corrected chi connectivity index (χ4v) is 2.55. The minimum Gasteiger partial charge on any atom is -0.395 e. The van der Waals surface area contributed by atoms with E-state index >= 15 is 0 Å². The average molecular weight is 255 g/mol. The van der Waals surface area contributed by atoms with Crippen LogP contribution in [0, 0.1) is 0 Å². The zero-order valence-electron chi connectivity index (χ0n) is 10.9. The molecule has 1 aromatic rings. The first kappa shape index (κ1) is 14.3. The first-order chi connectivity index (χ1) is 8.10. The van der Waals surface area contributed by atoms with Gasteiger partial charge in [-0.25, -0.2) is 9.97 Å². The predicted molar refractivity (Wildman–Crippen MR) is 72.7 cm³/mol. The topological polar surface area (TPSA) is 58.0 Å². The second kappa shape index (κ2) is 6.81. The largest absolute Gasteiger partial charge is 0.395 e. The zero-order chi connectivity index (χ0) is 12.8. The lowest BCUT2D eigenvalue weighted by Gasteiger charge is -2.17. The van der Waals surface area contributed by atoms with Crippen molar-refractivity contribution < 1.29 is 5.11 Å². The third-order valence-electron chi connectivity index (χ3n) is 2.34. The molecule has 0 amide bonds. The van der Waals surface area contributed by atoms with Gasteiger partial charge < -0.3 is 10.4 Å². The Morgan fingerprint density at radius 3 is 2.59 bits per heavy atom. The van der Waals surface area contributed by atoms with Crippen LogP contribution in [0.2, 0.25) is 0 Å². The number of thioether (sulfide) groups is 1. The van der Waals surface area contributed by atoms with E-state index in [-0.39, 0.29) is 11.9 Å². The molecular weight excluding hydrogens is 234 g/mol. The van der Waals surface area contributed by atoms with E-state index in [0.29, 0.717) is 5.92 Å². The van der Waals surface area contributed by atoms with Crippen molar-refractivity contribution in [3.05, 3.63) is 11.9 Å². The summed E-state index contributed by atoms with van der Waals surface area (Å²) >= 11 is 1.60. The Hall–Kier alpha value is -0.810. The van der Waals surface area contributed by atoms with Crippen molar-refractivity contribution in [2.75, 3.05) is 18.5 Å². The number of aliphatic hydroxyl groups is 1. The Bertz CT molecular complexity index is 358. The molecule has 96 valence electrons. The summed E-state index contributed by atoms with van der Waals surface area (Å²) < 4.78 is 0. The lowest BCUT2D eigenvalue weighted by Crippen LogP contribution is -2.09. The fourth-order valence-electron chi connectivity index (χ4n) is 1.53. The van der Waals surface area contributed by atoms with Gasteiger partial charge in [-0.1, -0.05) is 20.8 Å². The Morgan fingerprint density at radius 1 is 1.35 bits per heavy atom. The Kier molecular flexibility index (Phi) is 5.71. The lowest BCUT2D eigenvalue weighted by atomic mass is 10.1. The highest BCUT2D eigenvalue weighted by Gasteiger charge is 2.16. The smallest absolute Gasteiger partial charge is 0.133 e. The van der Waals surface area contributed by atoms with E-state index in [9.17, 15) is 0 Å². The third-order valence-corrected chi connectivity index (χ3v) is 3.44. The SMILES string of the molecule is CCNc1ncnc(SC(C)CO)c1C(C)C. The van der Waals surface area contributed by atoms with Gasteiger partial charge in [0.15, 0.2) is 0 Å². The highest BCUT2D eigenvalue weighted by atomic mass is 32.2. The monoisotopic (exact) mass is 255 g/mol. The summed E-state index contributed by atoms with van der Waals surface area (Å²) in [6.45, 7) is 9.30. The molecule has 0 aliphatic rings. The van der Waals surface area contributed by atoms with E-state index in [1.807, 2.05) is 6.92 Å². The number of rotatable bonds is 6. The van der Waals surface area contributed by atoms with E-state index < -0.39 is 0 Å². The number of nitrogens with zero attached hydrogens (tertiary/aromatic N) is 2. The summed E-state index contributed by atoms with van der Waals surface area (Å²) in [5, 5.41) is 13.5. The van der Waals surface area contributed by atoms with Crippen molar-refractivity contribution in [2.24, 2.45) is 0 Å². The summed E-state index contributed by atoms with van der Waals surface area (Å²) in [4.78, 5) is 8.62. The highest BCUT2D eigenvalue weighted by Crippen LogP contribution is 2.33. The first-order valence-corrected chi connectivity index (χ1v) is 6.84. The second-order valence-corrected chi connectivity index (χ2v) is 5.66. The summed E-state index contributed by atoms with van der Waals surface area (Å²) in [6, 6.07) is 0. The van der Waals surface area contributed by atoms with E-state index in [1.54, 1.807) is 18.1 Å². The van der Waals surface area contributed by atoms with Gasteiger partial charge in [0, 0.05) is 17.4 Å². The summed E-state index contributed by atoms with van der Waals surface area (Å²) in [7, 11) is 0. The first-order valence-electron chi connectivity index (χ1n) is 5.96. The molecule has 1 atom stereocenters. The van der Waals surface area contributed by atoms with Crippen LogP contribution in [0.3, 0.4) is 0 Å². The molecule has 0 saturated carbocycles. The molecule has 0 saturated heterocycles. The van der Waals surface area contributed by atoms with Crippen molar-refractivity contribution >= 4 is 17.6 Å². The van der Waals surface area contributed by atoms with Crippen molar-refractivity contribution in [3.63, 3.8) is 0 Å². The molecule has 0 aliphatic carbocycles. The molecule has 0 bridgehead atoms. The van der Waals surface area contributed by atoms with Crippen LogP contribution in [-0.4, -0.2) is 33.5 Å². The Labute approximate surface area is 107 Å². The Morgan fingerprint density at radius 2 is 2.06 bits per heavy atom. The molecule has 17 heavy (non-hydrogen) atoms. The van der Waals surface area contributed by atoms with E-state index in [0.717, 1.165) is 23.0 Å². The molecule has 0 aromatic carbocycles. The van der Waals surface area contributed by atoms with Crippen LogP contribution in [0.5, 0.6) is 0 Å². The maximum Gasteiger partial charge on any atom is 0.133 e. The number of aliphatic hydroxyl groups excluding tert-OH is 1. The second-order valence-electron chi connectivity index (χ2n) is 4.24. The maximum absolute atomic E-state index is 9.12. The normalized spacial score (nSPS) is 12.8. The molecule has 0 aliphatic heterocycles. The van der Waals surface area contributed by atoms with Gasteiger partial charge >= 0.3 is 0 Å². The van der Waals surface area contributed by atoms with Crippen LogP contribution in [0.1, 0.15) is 39.2 Å². The van der Waals surface area contributed by atoms with E-state index in [2.05, 4.69) is 36.1 Å². The minimum atomic E-state index is 0.150. The number of hydrogen-bond donors (Lipinski definition) is 2. The summed E-state index contributed by atoms with van der Waals surface area (Å²) in [5.41, 5.74) is 1.14. The zero-order valence-corrected chi connectivity index (χ0v) is 11.7. The molecular formula is C12H21N3OS.